The summed E-state index contributed by atoms with van der Waals surface area (Å²) in [6, 6.07) is 7.99. The summed E-state index contributed by atoms with van der Waals surface area (Å²) >= 11 is 0. The highest BCUT2D eigenvalue weighted by Crippen LogP contribution is 2.34. The predicted octanol–water partition coefficient (Wildman–Crippen LogP) is 1.63. The van der Waals surface area contributed by atoms with Crippen molar-refractivity contribution in [1.82, 2.24) is 14.9 Å². The van der Waals surface area contributed by atoms with Crippen LogP contribution in [-0.2, 0) is 11.2 Å². The second-order valence-electron chi connectivity index (χ2n) is 7.68. The molecule has 1 aromatic heterocycles. The molecule has 2 aromatic rings. The average molecular weight is 381 g/mol. The summed E-state index contributed by atoms with van der Waals surface area (Å²) in [5.41, 5.74) is 3.04. The van der Waals surface area contributed by atoms with Crippen LogP contribution < -0.4 is 9.80 Å². The quantitative estimate of drug-likeness (QED) is 0.868. The molecule has 7 nitrogen and oxygen atoms in total. The number of hydrogen-bond acceptors (Lipinski definition) is 6. The van der Waals surface area contributed by atoms with Crippen molar-refractivity contribution in [2.45, 2.75) is 32.4 Å². The molecule has 1 aromatic carbocycles. The van der Waals surface area contributed by atoms with Crippen LogP contribution in [0.4, 0.5) is 11.6 Å². The Labute approximate surface area is 165 Å². The second kappa shape index (κ2) is 7.85. The normalized spacial score (nSPS) is 20.9. The van der Waals surface area contributed by atoms with Crippen molar-refractivity contribution in [3.05, 3.63) is 47.8 Å². The van der Waals surface area contributed by atoms with Crippen molar-refractivity contribution >= 4 is 17.5 Å². The van der Waals surface area contributed by atoms with Gasteiger partial charge in [-0.05, 0) is 36.6 Å². The summed E-state index contributed by atoms with van der Waals surface area (Å²) in [5, 5.41) is 10.8. The second-order valence-corrected chi connectivity index (χ2v) is 7.68. The Bertz CT molecular complexity index is 836. The molecule has 2 aliphatic heterocycles. The number of nitrogens with zero attached hydrogens (tertiary/aromatic N) is 5. The highest BCUT2D eigenvalue weighted by atomic mass is 16.3. The van der Waals surface area contributed by atoms with Gasteiger partial charge >= 0.3 is 0 Å². The highest BCUT2D eigenvalue weighted by Gasteiger charge is 2.29. The van der Waals surface area contributed by atoms with Crippen LogP contribution in [0.1, 0.15) is 31.1 Å². The third-order valence-corrected chi connectivity index (χ3v) is 5.68. The minimum atomic E-state index is -0.536. The highest BCUT2D eigenvalue weighted by molar-refractivity contribution is 5.94. The third-order valence-electron chi connectivity index (χ3n) is 5.68. The van der Waals surface area contributed by atoms with Gasteiger partial charge in [0.05, 0.1) is 6.10 Å². The molecule has 0 spiro atoms. The number of amides is 1. The van der Waals surface area contributed by atoms with Crippen molar-refractivity contribution in [3.63, 3.8) is 0 Å². The number of aliphatic hydroxyl groups is 1. The molecular weight excluding hydrogens is 354 g/mol. The van der Waals surface area contributed by atoms with Crippen LogP contribution in [0.5, 0.6) is 0 Å². The number of rotatable bonds is 4. The van der Waals surface area contributed by atoms with Crippen LogP contribution in [-0.4, -0.2) is 64.6 Å². The van der Waals surface area contributed by atoms with E-state index in [1.54, 1.807) is 19.3 Å². The minimum Gasteiger partial charge on any atom is -0.387 e. The Morgan fingerprint density at radius 3 is 2.61 bits per heavy atom. The molecule has 2 atom stereocenters. The Morgan fingerprint density at radius 2 is 1.93 bits per heavy atom. The molecular formula is C21H27N5O2. The molecule has 3 heterocycles. The number of hydrogen-bond donors (Lipinski definition) is 1. The fourth-order valence-electron chi connectivity index (χ4n) is 4.27. The minimum absolute atomic E-state index is 0.0693. The van der Waals surface area contributed by atoms with Crippen LogP contribution in [0.3, 0.4) is 0 Å². The van der Waals surface area contributed by atoms with Gasteiger partial charge in [0.1, 0.15) is 0 Å². The van der Waals surface area contributed by atoms with Crippen LogP contribution in [0.25, 0.3) is 0 Å². The summed E-state index contributed by atoms with van der Waals surface area (Å²) in [6.07, 6.45) is 3.83. The SMILES string of the molecule is CC(=O)N1c2ccc([C@@H](O)CN3CCN(c4ncccn4)CC3)cc2C[C@H]1C. The zero-order valence-corrected chi connectivity index (χ0v) is 16.5. The summed E-state index contributed by atoms with van der Waals surface area (Å²) in [6.45, 7) is 7.72. The summed E-state index contributed by atoms with van der Waals surface area (Å²) < 4.78 is 0. The van der Waals surface area contributed by atoms with E-state index in [-0.39, 0.29) is 11.9 Å². The molecule has 0 bridgehead atoms. The first-order chi connectivity index (χ1) is 13.5. The first kappa shape index (κ1) is 18.8. The van der Waals surface area contributed by atoms with Gasteiger partial charge in [0.15, 0.2) is 0 Å². The van der Waals surface area contributed by atoms with Crippen LogP contribution in [0.2, 0.25) is 0 Å². The molecule has 2 aliphatic rings. The van der Waals surface area contributed by atoms with Gasteiger partial charge in [0.25, 0.3) is 0 Å². The van der Waals surface area contributed by atoms with Gasteiger partial charge < -0.3 is 14.9 Å². The lowest BCUT2D eigenvalue weighted by atomic mass is 10.0. The Balaban J connectivity index is 1.37. The maximum absolute atomic E-state index is 11.9. The zero-order valence-electron chi connectivity index (χ0n) is 16.5. The number of β-amino-alcohol motifs (C(OH)–C–C–N with tert-alkyl or cyclic N) is 1. The van der Waals surface area contributed by atoms with Crippen molar-refractivity contribution in [1.29, 1.82) is 0 Å². The average Bonchev–Trinajstić information content (AvgIpc) is 3.04. The summed E-state index contributed by atoms with van der Waals surface area (Å²) in [4.78, 5) is 26.8. The number of piperazine rings is 1. The standard InChI is InChI=1S/C21H27N5O2/c1-15-12-18-13-17(4-5-19(18)26(15)16(2)27)20(28)14-24-8-10-25(11-9-24)21-22-6-3-7-23-21/h3-7,13,15,20,28H,8-12,14H2,1-2H3/t15-,20+/m1/s1. The van der Waals surface area contributed by atoms with Gasteiger partial charge in [-0.15, -0.1) is 0 Å². The number of aliphatic hydroxyl groups excluding tert-OH is 1. The first-order valence-corrected chi connectivity index (χ1v) is 9.88. The van der Waals surface area contributed by atoms with E-state index in [4.69, 9.17) is 0 Å². The molecule has 0 aliphatic carbocycles. The lowest BCUT2D eigenvalue weighted by Gasteiger charge is -2.35. The van der Waals surface area contributed by atoms with E-state index in [0.717, 1.165) is 55.4 Å². The van der Waals surface area contributed by atoms with Crippen LogP contribution in [0.15, 0.2) is 36.7 Å². The smallest absolute Gasteiger partial charge is 0.225 e. The van der Waals surface area contributed by atoms with E-state index in [1.807, 2.05) is 23.1 Å². The number of aromatic nitrogens is 2. The van der Waals surface area contributed by atoms with E-state index < -0.39 is 6.10 Å². The molecule has 0 radical (unpaired) electrons. The fraction of sp³-hybridized carbons (Fsp3) is 0.476. The number of benzene rings is 1. The molecule has 0 saturated carbocycles. The summed E-state index contributed by atoms with van der Waals surface area (Å²) in [7, 11) is 0. The van der Waals surface area contributed by atoms with Gasteiger partial charge in [-0.2, -0.15) is 0 Å². The summed E-state index contributed by atoms with van der Waals surface area (Å²) in [5.74, 6) is 0.838. The Kier molecular flexibility index (Phi) is 5.28. The molecule has 7 heteroatoms. The predicted molar refractivity (Wildman–Crippen MR) is 108 cm³/mol. The molecule has 1 saturated heterocycles. The molecule has 148 valence electrons. The maximum Gasteiger partial charge on any atom is 0.225 e. The third kappa shape index (κ3) is 3.72. The molecule has 1 N–H and O–H groups in total. The molecule has 1 fully saturated rings. The van der Waals surface area contributed by atoms with Crippen molar-refractivity contribution < 1.29 is 9.90 Å². The van der Waals surface area contributed by atoms with Gasteiger partial charge in [-0.1, -0.05) is 12.1 Å². The molecule has 1 amide bonds. The monoisotopic (exact) mass is 381 g/mol. The van der Waals surface area contributed by atoms with Gasteiger partial charge in [-0.3, -0.25) is 9.69 Å². The van der Waals surface area contributed by atoms with Gasteiger partial charge in [0.2, 0.25) is 11.9 Å². The van der Waals surface area contributed by atoms with Crippen molar-refractivity contribution in [3.8, 4) is 0 Å². The van der Waals surface area contributed by atoms with Crippen LogP contribution in [0, 0.1) is 0 Å². The van der Waals surface area contributed by atoms with Gasteiger partial charge in [-0.25, -0.2) is 9.97 Å². The topological polar surface area (TPSA) is 72.8 Å². The van der Waals surface area contributed by atoms with E-state index in [2.05, 4.69) is 32.8 Å². The first-order valence-electron chi connectivity index (χ1n) is 9.88. The molecule has 0 unspecified atom stereocenters. The number of anilines is 2. The Hall–Kier alpha value is -2.51. The lowest BCUT2D eigenvalue weighted by molar-refractivity contribution is -0.116. The number of fused-ring (bicyclic) bond motifs is 1. The van der Waals surface area contributed by atoms with Crippen molar-refractivity contribution in [2.24, 2.45) is 0 Å². The zero-order chi connectivity index (χ0) is 19.7. The molecule has 4 rings (SSSR count). The number of carbonyl (C=O) groups is 1. The number of carbonyl (C=O) groups excluding carboxylic acids is 1. The van der Waals surface area contributed by atoms with E-state index in [1.165, 1.54) is 0 Å². The fourth-order valence-corrected chi connectivity index (χ4v) is 4.27. The lowest BCUT2D eigenvalue weighted by Crippen LogP contribution is -2.48. The van der Waals surface area contributed by atoms with E-state index >= 15 is 0 Å². The van der Waals surface area contributed by atoms with E-state index in [9.17, 15) is 9.90 Å². The molecule has 28 heavy (non-hydrogen) atoms. The van der Waals surface area contributed by atoms with Crippen LogP contribution >= 0.6 is 0 Å². The van der Waals surface area contributed by atoms with E-state index in [0.29, 0.717) is 6.54 Å². The Morgan fingerprint density at radius 1 is 1.21 bits per heavy atom. The van der Waals surface area contributed by atoms with Gasteiger partial charge in [0, 0.05) is 63.8 Å². The maximum atomic E-state index is 11.9. The largest absolute Gasteiger partial charge is 0.387 e. The van der Waals surface area contributed by atoms with Crippen molar-refractivity contribution in [2.75, 3.05) is 42.5 Å².